The molecule has 0 bridgehead atoms. The van der Waals surface area contributed by atoms with Crippen molar-refractivity contribution in [2.24, 2.45) is 11.8 Å². The molecule has 1 aliphatic heterocycles. The Kier molecular flexibility index (Phi) is 3.37. The van der Waals surface area contributed by atoms with Gasteiger partial charge in [-0.25, -0.2) is 0 Å². The van der Waals surface area contributed by atoms with Crippen molar-refractivity contribution in [2.45, 2.75) is 12.6 Å². The quantitative estimate of drug-likeness (QED) is 0.883. The molecule has 3 nitrogen and oxygen atoms in total. The summed E-state index contributed by atoms with van der Waals surface area (Å²) in [5.74, 6) is 3.50. The zero-order valence-corrected chi connectivity index (χ0v) is 12.0. The van der Waals surface area contributed by atoms with E-state index in [1.54, 1.807) is 0 Å². The average molecular weight is 280 g/mol. The lowest BCUT2D eigenvalue weighted by atomic mass is 10.2. The molecule has 1 unspecified atom stereocenters. The first kappa shape index (κ1) is 12.9. The van der Waals surface area contributed by atoms with E-state index in [0.29, 0.717) is 0 Å². The fraction of sp³-hybridized carbons (Fsp3) is 0.333. The Morgan fingerprint density at radius 3 is 2.29 bits per heavy atom. The third-order valence-electron chi connectivity index (χ3n) is 4.54. The van der Waals surface area contributed by atoms with Crippen LogP contribution in [0.4, 0.5) is 0 Å². The number of benzene rings is 2. The minimum atomic E-state index is 0.728. The van der Waals surface area contributed by atoms with Gasteiger partial charge in [0.15, 0.2) is 0 Å². The van der Waals surface area contributed by atoms with Crippen LogP contribution in [0.3, 0.4) is 0 Å². The van der Waals surface area contributed by atoms with Crippen LogP contribution in [0.15, 0.2) is 54.6 Å². The van der Waals surface area contributed by atoms with Gasteiger partial charge in [0.2, 0.25) is 0 Å². The Morgan fingerprint density at radius 2 is 1.57 bits per heavy atom. The highest BCUT2D eigenvalue weighted by Gasteiger charge is 2.52. The number of piperidine rings is 1. The van der Waals surface area contributed by atoms with Crippen LogP contribution in [-0.4, -0.2) is 19.1 Å². The minimum Gasteiger partial charge on any atom is -0.457 e. The molecule has 4 rings (SSSR count). The molecule has 108 valence electrons. The van der Waals surface area contributed by atoms with Gasteiger partial charge >= 0.3 is 0 Å². The normalized spacial score (nSPS) is 26.4. The summed E-state index contributed by atoms with van der Waals surface area (Å²) in [5.41, 5.74) is 1.31. The van der Waals surface area contributed by atoms with E-state index < -0.39 is 0 Å². The van der Waals surface area contributed by atoms with Gasteiger partial charge in [0.1, 0.15) is 11.5 Å². The number of fused-ring (bicyclic) bond motifs is 1. The Hall–Kier alpha value is -1.84. The smallest absolute Gasteiger partial charge is 0.127 e. The molecule has 3 atom stereocenters. The third-order valence-corrected chi connectivity index (χ3v) is 4.54. The molecule has 2 aromatic carbocycles. The molecule has 1 aliphatic carbocycles. The van der Waals surface area contributed by atoms with Gasteiger partial charge in [0.25, 0.3) is 0 Å². The fourth-order valence-corrected chi connectivity index (χ4v) is 3.26. The van der Waals surface area contributed by atoms with Crippen molar-refractivity contribution < 1.29 is 4.74 Å². The van der Waals surface area contributed by atoms with Crippen LogP contribution >= 0.6 is 0 Å². The van der Waals surface area contributed by atoms with E-state index in [4.69, 9.17) is 4.74 Å². The SMILES string of the molecule is c1ccc(Oc2ccc(CNC3[C@H]4CNC[C@@H]34)cc2)cc1. The summed E-state index contributed by atoms with van der Waals surface area (Å²) >= 11 is 0. The summed E-state index contributed by atoms with van der Waals surface area (Å²) in [4.78, 5) is 0. The largest absolute Gasteiger partial charge is 0.457 e. The molecule has 1 saturated carbocycles. The van der Waals surface area contributed by atoms with Gasteiger partial charge in [-0.05, 0) is 54.8 Å². The maximum atomic E-state index is 5.80. The van der Waals surface area contributed by atoms with Crippen LogP contribution in [0.2, 0.25) is 0 Å². The number of nitrogens with one attached hydrogen (secondary N) is 2. The van der Waals surface area contributed by atoms with E-state index in [9.17, 15) is 0 Å². The van der Waals surface area contributed by atoms with Gasteiger partial charge in [-0.3, -0.25) is 0 Å². The van der Waals surface area contributed by atoms with Crippen molar-refractivity contribution in [3.05, 3.63) is 60.2 Å². The number of hydrogen-bond donors (Lipinski definition) is 2. The van der Waals surface area contributed by atoms with Crippen LogP contribution in [0, 0.1) is 11.8 Å². The second kappa shape index (κ2) is 5.51. The lowest BCUT2D eigenvalue weighted by Crippen LogP contribution is -2.27. The highest BCUT2D eigenvalue weighted by Crippen LogP contribution is 2.41. The first-order valence-electron chi connectivity index (χ1n) is 7.66. The van der Waals surface area contributed by atoms with Gasteiger partial charge in [-0.15, -0.1) is 0 Å². The lowest BCUT2D eigenvalue weighted by molar-refractivity contribution is 0.482. The third kappa shape index (κ3) is 2.80. The van der Waals surface area contributed by atoms with Crippen LogP contribution in [0.5, 0.6) is 11.5 Å². The summed E-state index contributed by atoms with van der Waals surface area (Å²) in [5, 5.41) is 7.09. The van der Waals surface area contributed by atoms with E-state index in [0.717, 1.165) is 35.9 Å². The second-order valence-corrected chi connectivity index (χ2v) is 5.95. The van der Waals surface area contributed by atoms with E-state index in [-0.39, 0.29) is 0 Å². The Balaban J connectivity index is 1.31. The number of rotatable bonds is 5. The van der Waals surface area contributed by atoms with Crippen molar-refractivity contribution in [1.29, 1.82) is 0 Å². The van der Waals surface area contributed by atoms with Crippen molar-refractivity contribution in [1.82, 2.24) is 10.6 Å². The van der Waals surface area contributed by atoms with Gasteiger partial charge in [0.05, 0.1) is 0 Å². The zero-order valence-electron chi connectivity index (χ0n) is 12.0. The molecular formula is C18H20N2O. The standard InChI is InChI=1S/C18H20N2O/c1-2-4-14(5-3-1)21-15-8-6-13(7-9-15)10-20-18-16-11-19-12-17(16)18/h1-9,16-20H,10-12H2/t16-,17+,18?. The summed E-state index contributed by atoms with van der Waals surface area (Å²) in [6.07, 6.45) is 0. The van der Waals surface area contributed by atoms with E-state index in [1.807, 2.05) is 42.5 Å². The van der Waals surface area contributed by atoms with Gasteiger partial charge in [-0.1, -0.05) is 30.3 Å². The molecule has 2 aliphatic rings. The number of ether oxygens (including phenoxy) is 1. The van der Waals surface area contributed by atoms with Crippen molar-refractivity contribution in [3.8, 4) is 11.5 Å². The van der Waals surface area contributed by atoms with Crippen molar-refractivity contribution in [3.63, 3.8) is 0 Å². The molecule has 0 amide bonds. The van der Waals surface area contributed by atoms with E-state index in [1.165, 1.54) is 18.7 Å². The van der Waals surface area contributed by atoms with Gasteiger partial charge in [0, 0.05) is 12.6 Å². The molecule has 1 heterocycles. The fourth-order valence-electron chi connectivity index (χ4n) is 3.26. The molecule has 21 heavy (non-hydrogen) atoms. The van der Waals surface area contributed by atoms with Gasteiger partial charge in [-0.2, -0.15) is 0 Å². The number of hydrogen-bond acceptors (Lipinski definition) is 3. The van der Waals surface area contributed by atoms with Crippen molar-refractivity contribution >= 4 is 0 Å². The highest BCUT2D eigenvalue weighted by atomic mass is 16.5. The van der Waals surface area contributed by atoms with Gasteiger partial charge < -0.3 is 15.4 Å². The van der Waals surface area contributed by atoms with Crippen LogP contribution in [0.25, 0.3) is 0 Å². The number of para-hydroxylation sites is 1. The molecule has 2 N–H and O–H groups in total. The minimum absolute atomic E-state index is 0.728. The molecule has 2 aromatic rings. The summed E-state index contributed by atoms with van der Waals surface area (Å²) in [6, 6.07) is 19.0. The van der Waals surface area contributed by atoms with Crippen LogP contribution < -0.4 is 15.4 Å². The molecule has 0 spiro atoms. The van der Waals surface area contributed by atoms with Crippen LogP contribution in [0.1, 0.15) is 5.56 Å². The monoisotopic (exact) mass is 280 g/mol. The predicted molar refractivity (Wildman–Crippen MR) is 83.4 cm³/mol. The average Bonchev–Trinajstić information content (AvgIpc) is 2.96. The second-order valence-electron chi connectivity index (χ2n) is 5.95. The Labute approximate surface area is 125 Å². The first-order valence-corrected chi connectivity index (χ1v) is 7.66. The maximum absolute atomic E-state index is 5.80. The van der Waals surface area contributed by atoms with E-state index >= 15 is 0 Å². The van der Waals surface area contributed by atoms with Crippen LogP contribution in [-0.2, 0) is 6.54 Å². The zero-order chi connectivity index (χ0) is 14.1. The Bertz CT molecular complexity index is 586. The first-order chi connectivity index (χ1) is 10.4. The molecule has 0 aromatic heterocycles. The summed E-state index contributed by atoms with van der Waals surface area (Å²) in [6.45, 7) is 3.32. The topological polar surface area (TPSA) is 33.3 Å². The van der Waals surface area contributed by atoms with E-state index in [2.05, 4.69) is 22.8 Å². The molecule has 2 fully saturated rings. The maximum Gasteiger partial charge on any atom is 0.127 e. The molecule has 3 heteroatoms. The predicted octanol–water partition coefficient (Wildman–Crippen LogP) is 2.79. The highest BCUT2D eigenvalue weighted by molar-refractivity contribution is 5.33. The Morgan fingerprint density at radius 1 is 0.905 bits per heavy atom. The molecular weight excluding hydrogens is 260 g/mol. The molecule has 1 saturated heterocycles. The lowest BCUT2D eigenvalue weighted by Gasteiger charge is -2.09. The van der Waals surface area contributed by atoms with Crippen molar-refractivity contribution in [2.75, 3.05) is 13.1 Å². The molecule has 0 radical (unpaired) electrons. The summed E-state index contributed by atoms with van der Waals surface area (Å²) in [7, 11) is 0. The summed E-state index contributed by atoms with van der Waals surface area (Å²) < 4.78 is 5.80.